The van der Waals surface area contributed by atoms with Gasteiger partial charge in [-0.05, 0) is 43.0 Å². The molecule has 3 N–H and O–H groups in total. The van der Waals surface area contributed by atoms with Crippen LogP contribution >= 0.6 is 11.8 Å². The molecule has 0 saturated carbocycles. The monoisotopic (exact) mass is 302 g/mol. The molecule has 0 amide bonds. The Labute approximate surface area is 128 Å². The highest BCUT2D eigenvalue weighted by Crippen LogP contribution is 2.30. The van der Waals surface area contributed by atoms with Crippen molar-refractivity contribution in [2.45, 2.75) is 11.8 Å². The number of hydrogen-bond donors (Lipinski definition) is 2. The molecule has 21 heavy (non-hydrogen) atoms. The summed E-state index contributed by atoms with van der Waals surface area (Å²) in [5, 5.41) is 3.33. The van der Waals surface area contributed by atoms with Gasteiger partial charge in [-0.15, -0.1) is 11.8 Å². The molecule has 0 bridgehead atoms. The molecule has 0 atom stereocenters. The maximum atomic E-state index is 11.8. The summed E-state index contributed by atoms with van der Waals surface area (Å²) < 4.78 is 4.77. The van der Waals surface area contributed by atoms with Gasteiger partial charge in [-0.3, -0.25) is 0 Å². The lowest BCUT2D eigenvalue weighted by Gasteiger charge is -2.14. The number of nitrogens with one attached hydrogen (secondary N) is 1. The number of rotatable bonds is 4. The maximum Gasteiger partial charge on any atom is 0.340 e. The summed E-state index contributed by atoms with van der Waals surface area (Å²) >= 11 is 1.66. The van der Waals surface area contributed by atoms with Crippen LogP contribution < -0.4 is 11.1 Å². The van der Waals surface area contributed by atoms with E-state index in [0.717, 1.165) is 21.8 Å². The van der Waals surface area contributed by atoms with Crippen molar-refractivity contribution in [2.24, 2.45) is 0 Å². The molecule has 2 rings (SSSR count). The van der Waals surface area contributed by atoms with Gasteiger partial charge in [0, 0.05) is 16.3 Å². The number of para-hydroxylation sites is 1. The van der Waals surface area contributed by atoms with Gasteiger partial charge >= 0.3 is 5.97 Å². The summed E-state index contributed by atoms with van der Waals surface area (Å²) in [4.78, 5) is 12.9. The number of anilines is 3. The van der Waals surface area contributed by atoms with E-state index in [1.807, 2.05) is 43.5 Å². The van der Waals surface area contributed by atoms with Gasteiger partial charge in [0.1, 0.15) is 0 Å². The van der Waals surface area contributed by atoms with Gasteiger partial charge in [0.05, 0.1) is 18.4 Å². The molecule has 2 aromatic rings. The first-order chi connectivity index (χ1) is 10.1. The number of carbonyl (C=O) groups excluding carboxylic acids is 1. The third-order valence-corrected chi connectivity index (χ3v) is 3.97. The SMILES string of the molecule is COC(=O)c1cc(Nc2ccccc2SC)cc(C)c1N. The standard InChI is InChI=1S/C16H18N2O2S/c1-10-8-11(9-12(15(10)17)16(19)20-2)18-13-6-4-5-7-14(13)21-3/h4-9,18H,17H2,1-3H3. The number of methoxy groups -OCH3 is 1. The zero-order chi connectivity index (χ0) is 15.4. The van der Waals surface area contributed by atoms with Crippen LogP contribution in [0.3, 0.4) is 0 Å². The van der Waals surface area contributed by atoms with Crippen molar-refractivity contribution in [3.63, 3.8) is 0 Å². The molecule has 2 aromatic carbocycles. The molecule has 0 saturated heterocycles. The van der Waals surface area contributed by atoms with Gasteiger partial charge in [0.15, 0.2) is 0 Å². The van der Waals surface area contributed by atoms with Crippen LogP contribution in [0.4, 0.5) is 17.1 Å². The van der Waals surface area contributed by atoms with Crippen LogP contribution in [0, 0.1) is 6.92 Å². The Morgan fingerprint density at radius 1 is 1.29 bits per heavy atom. The third kappa shape index (κ3) is 3.31. The minimum atomic E-state index is -0.433. The van der Waals surface area contributed by atoms with E-state index in [9.17, 15) is 4.79 Å². The predicted octanol–water partition coefficient (Wildman–Crippen LogP) is 3.83. The Kier molecular flexibility index (Phi) is 4.75. The van der Waals surface area contributed by atoms with E-state index in [4.69, 9.17) is 10.5 Å². The van der Waals surface area contributed by atoms with Crippen molar-refractivity contribution in [1.29, 1.82) is 0 Å². The van der Waals surface area contributed by atoms with Crippen molar-refractivity contribution in [1.82, 2.24) is 0 Å². The zero-order valence-corrected chi connectivity index (χ0v) is 13.1. The largest absolute Gasteiger partial charge is 0.465 e. The van der Waals surface area contributed by atoms with Crippen LogP contribution in [0.2, 0.25) is 0 Å². The molecule has 0 aliphatic carbocycles. The molecule has 0 unspecified atom stereocenters. The Morgan fingerprint density at radius 3 is 2.67 bits per heavy atom. The second kappa shape index (κ2) is 6.54. The number of hydrogen-bond acceptors (Lipinski definition) is 5. The lowest BCUT2D eigenvalue weighted by atomic mass is 10.1. The smallest absolute Gasteiger partial charge is 0.340 e. The molecular formula is C16H18N2O2S. The van der Waals surface area contributed by atoms with Crippen LogP contribution in [-0.4, -0.2) is 19.3 Å². The molecule has 0 aliphatic heterocycles. The number of benzene rings is 2. The topological polar surface area (TPSA) is 64.3 Å². The van der Waals surface area contributed by atoms with Crippen molar-refractivity contribution in [3.8, 4) is 0 Å². The van der Waals surface area contributed by atoms with Crippen LogP contribution in [0.15, 0.2) is 41.3 Å². The van der Waals surface area contributed by atoms with Gasteiger partial charge in [0.25, 0.3) is 0 Å². The number of aryl methyl sites for hydroxylation is 1. The lowest BCUT2D eigenvalue weighted by molar-refractivity contribution is 0.0602. The van der Waals surface area contributed by atoms with Gasteiger partial charge in [0.2, 0.25) is 0 Å². The number of ether oxygens (including phenoxy) is 1. The average Bonchev–Trinajstić information content (AvgIpc) is 2.50. The summed E-state index contributed by atoms with van der Waals surface area (Å²) in [6, 6.07) is 11.6. The van der Waals surface area contributed by atoms with E-state index in [2.05, 4.69) is 5.32 Å². The second-order valence-electron chi connectivity index (χ2n) is 4.57. The van der Waals surface area contributed by atoms with Crippen molar-refractivity contribution >= 4 is 34.8 Å². The van der Waals surface area contributed by atoms with Crippen molar-refractivity contribution in [3.05, 3.63) is 47.5 Å². The van der Waals surface area contributed by atoms with E-state index in [1.54, 1.807) is 17.8 Å². The first-order valence-corrected chi connectivity index (χ1v) is 7.67. The van der Waals surface area contributed by atoms with Gasteiger partial charge in [-0.1, -0.05) is 12.1 Å². The van der Waals surface area contributed by atoms with E-state index >= 15 is 0 Å². The highest BCUT2D eigenvalue weighted by molar-refractivity contribution is 7.98. The molecule has 0 aromatic heterocycles. The fraction of sp³-hybridized carbons (Fsp3) is 0.188. The Balaban J connectivity index is 2.41. The van der Waals surface area contributed by atoms with Gasteiger partial charge < -0.3 is 15.8 Å². The fourth-order valence-corrected chi connectivity index (χ4v) is 2.61. The summed E-state index contributed by atoms with van der Waals surface area (Å²) in [5.41, 5.74) is 9.41. The highest BCUT2D eigenvalue weighted by Gasteiger charge is 2.14. The summed E-state index contributed by atoms with van der Waals surface area (Å²) in [7, 11) is 1.35. The molecule has 0 fully saturated rings. The normalized spacial score (nSPS) is 10.2. The predicted molar refractivity (Wildman–Crippen MR) is 88.4 cm³/mol. The fourth-order valence-electron chi connectivity index (χ4n) is 2.05. The van der Waals surface area contributed by atoms with Crippen molar-refractivity contribution in [2.75, 3.05) is 24.4 Å². The van der Waals surface area contributed by atoms with Crippen LogP contribution in [0.5, 0.6) is 0 Å². The quantitative estimate of drug-likeness (QED) is 0.510. The van der Waals surface area contributed by atoms with E-state index in [-0.39, 0.29) is 0 Å². The molecule has 0 aliphatic rings. The van der Waals surface area contributed by atoms with Gasteiger partial charge in [-0.25, -0.2) is 4.79 Å². The summed E-state index contributed by atoms with van der Waals surface area (Å²) in [6.07, 6.45) is 2.02. The zero-order valence-electron chi connectivity index (χ0n) is 12.3. The minimum absolute atomic E-state index is 0.377. The summed E-state index contributed by atoms with van der Waals surface area (Å²) in [6.45, 7) is 1.87. The highest BCUT2D eigenvalue weighted by atomic mass is 32.2. The minimum Gasteiger partial charge on any atom is -0.465 e. The molecule has 5 heteroatoms. The van der Waals surface area contributed by atoms with E-state index in [1.165, 1.54) is 7.11 Å². The number of nitrogen functional groups attached to an aromatic ring is 1. The second-order valence-corrected chi connectivity index (χ2v) is 5.42. The lowest BCUT2D eigenvalue weighted by Crippen LogP contribution is -2.08. The Hall–Kier alpha value is -2.14. The molecule has 110 valence electrons. The molecular weight excluding hydrogens is 284 g/mol. The maximum absolute atomic E-state index is 11.8. The molecule has 0 heterocycles. The molecule has 4 nitrogen and oxygen atoms in total. The van der Waals surface area contributed by atoms with Crippen LogP contribution in [-0.2, 0) is 4.74 Å². The number of nitrogens with two attached hydrogens (primary N) is 1. The van der Waals surface area contributed by atoms with E-state index < -0.39 is 5.97 Å². The average molecular weight is 302 g/mol. The Morgan fingerprint density at radius 2 is 2.00 bits per heavy atom. The first-order valence-electron chi connectivity index (χ1n) is 6.45. The van der Waals surface area contributed by atoms with Crippen LogP contribution in [0.1, 0.15) is 15.9 Å². The number of carbonyl (C=O) groups is 1. The number of esters is 1. The van der Waals surface area contributed by atoms with Crippen LogP contribution in [0.25, 0.3) is 0 Å². The summed E-state index contributed by atoms with van der Waals surface area (Å²) in [5.74, 6) is -0.433. The van der Waals surface area contributed by atoms with Gasteiger partial charge in [-0.2, -0.15) is 0 Å². The Bertz CT molecular complexity index is 671. The first kappa shape index (κ1) is 15.3. The third-order valence-electron chi connectivity index (χ3n) is 3.18. The molecule has 0 radical (unpaired) electrons. The van der Waals surface area contributed by atoms with E-state index in [0.29, 0.717) is 11.3 Å². The molecule has 0 spiro atoms. The number of thioether (sulfide) groups is 1. The van der Waals surface area contributed by atoms with Crippen molar-refractivity contribution < 1.29 is 9.53 Å².